The van der Waals surface area contributed by atoms with Crippen molar-refractivity contribution < 1.29 is 19.4 Å². The third-order valence-electron chi connectivity index (χ3n) is 5.37. The van der Waals surface area contributed by atoms with Crippen LogP contribution in [0.25, 0.3) is 0 Å². The monoisotopic (exact) mass is 457 g/mol. The number of esters is 1. The Balaban J connectivity index is 2.04. The van der Waals surface area contributed by atoms with Crippen LogP contribution < -0.4 is 10.1 Å². The van der Waals surface area contributed by atoms with Crippen molar-refractivity contribution in [3.8, 4) is 11.5 Å². The van der Waals surface area contributed by atoms with Crippen molar-refractivity contribution in [1.82, 2.24) is 5.32 Å². The molecular weight excluding hydrogens is 422 g/mol. The summed E-state index contributed by atoms with van der Waals surface area (Å²) in [5.74, 6) is 0.389. The molecule has 2 N–H and O–H groups in total. The minimum Gasteiger partial charge on any atom is -0.504 e. The van der Waals surface area contributed by atoms with E-state index in [0.29, 0.717) is 30.3 Å². The molecule has 0 fully saturated rings. The number of nitrogens with one attached hydrogen (secondary N) is 1. The molecule has 1 atom stereocenters. The van der Waals surface area contributed by atoms with Gasteiger partial charge in [-0.3, -0.25) is 4.79 Å². The van der Waals surface area contributed by atoms with Gasteiger partial charge in [0.2, 0.25) is 0 Å². The fourth-order valence-corrected chi connectivity index (χ4v) is 3.54. The molecule has 5 nitrogen and oxygen atoms in total. The van der Waals surface area contributed by atoms with Crippen LogP contribution in [0.4, 0.5) is 0 Å². The zero-order valence-corrected chi connectivity index (χ0v) is 20.8. The summed E-state index contributed by atoms with van der Waals surface area (Å²) in [7, 11) is 1.52. The van der Waals surface area contributed by atoms with E-state index in [-0.39, 0.29) is 17.6 Å². The van der Waals surface area contributed by atoms with Gasteiger partial charge in [-0.1, -0.05) is 36.5 Å². The number of benzene rings is 2. The molecular formula is C26H35NO4S. The summed E-state index contributed by atoms with van der Waals surface area (Å²) in [5, 5.41) is 13.0. The molecule has 32 heavy (non-hydrogen) atoms. The summed E-state index contributed by atoms with van der Waals surface area (Å²) in [6, 6.07) is 11.6. The second-order valence-electron chi connectivity index (χ2n) is 9.32. The maximum Gasteiger partial charge on any atom is 0.311 e. The van der Waals surface area contributed by atoms with Gasteiger partial charge in [-0.05, 0) is 75.4 Å². The van der Waals surface area contributed by atoms with E-state index in [1.807, 2.05) is 26.8 Å². The van der Waals surface area contributed by atoms with Gasteiger partial charge in [0.05, 0.1) is 24.1 Å². The first-order chi connectivity index (χ1) is 15.0. The number of hydrogen-bond acceptors (Lipinski definition) is 5. The molecule has 0 saturated carbocycles. The minimum absolute atomic E-state index is 0.0674. The van der Waals surface area contributed by atoms with Crippen LogP contribution in [0.15, 0.2) is 36.4 Å². The van der Waals surface area contributed by atoms with Gasteiger partial charge >= 0.3 is 5.97 Å². The number of phenols is 1. The lowest BCUT2D eigenvalue weighted by Gasteiger charge is -2.22. The summed E-state index contributed by atoms with van der Waals surface area (Å²) in [4.78, 5) is 13.0. The molecule has 0 radical (unpaired) electrons. The Morgan fingerprint density at radius 1 is 1.09 bits per heavy atom. The molecule has 0 aliphatic carbocycles. The number of ether oxygens (including phenoxy) is 2. The number of phenolic OH excluding ortho intramolecular Hbond substituents is 1. The van der Waals surface area contributed by atoms with Crippen LogP contribution in [0.3, 0.4) is 0 Å². The van der Waals surface area contributed by atoms with Crippen molar-refractivity contribution in [2.75, 3.05) is 13.7 Å². The highest BCUT2D eigenvalue weighted by Crippen LogP contribution is 2.26. The Labute approximate surface area is 197 Å². The predicted octanol–water partition coefficient (Wildman–Crippen LogP) is 5.27. The first-order valence-electron chi connectivity index (χ1n) is 10.9. The van der Waals surface area contributed by atoms with Gasteiger partial charge in [0.15, 0.2) is 11.5 Å². The minimum atomic E-state index is -0.540. The van der Waals surface area contributed by atoms with E-state index in [9.17, 15) is 9.90 Å². The Morgan fingerprint density at radius 3 is 2.41 bits per heavy atom. The van der Waals surface area contributed by atoms with E-state index in [1.165, 1.54) is 23.8 Å². The van der Waals surface area contributed by atoms with Crippen LogP contribution in [0.2, 0.25) is 0 Å². The van der Waals surface area contributed by atoms with Gasteiger partial charge in [-0.15, -0.1) is 0 Å². The number of rotatable bonds is 9. The molecule has 174 valence electrons. The third-order valence-corrected chi connectivity index (χ3v) is 5.68. The van der Waals surface area contributed by atoms with E-state index in [1.54, 1.807) is 12.1 Å². The fraction of sp³-hybridized carbons (Fsp3) is 0.462. The standard InChI is InChI=1S/C26H35NO4S/c1-17-7-8-19(11-18(17)2)12-21(16-31-25(29)26(3,4)5)14-24(32)27-15-20-9-10-22(28)23(13-20)30-6/h7-11,13,21,28H,12,14-16H2,1-6H3,(H,27,32). The van der Waals surface area contributed by atoms with Crippen LogP contribution in [-0.2, 0) is 22.5 Å². The van der Waals surface area contributed by atoms with E-state index in [0.717, 1.165) is 12.0 Å². The van der Waals surface area contributed by atoms with Gasteiger partial charge in [0, 0.05) is 18.9 Å². The Morgan fingerprint density at radius 2 is 1.78 bits per heavy atom. The second kappa shape index (κ2) is 11.3. The number of thiocarbonyl (C=S) groups is 1. The number of aromatic hydroxyl groups is 1. The van der Waals surface area contributed by atoms with Crippen LogP contribution in [0.5, 0.6) is 11.5 Å². The highest BCUT2D eigenvalue weighted by Gasteiger charge is 2.25. The first kappa shape index (κ1) is 25.7. The van der Waals surface area contributed by atoms with Gasteiger partial charge in [0.1, 0.15) is 0 Å². The molecule has 1 unspecified atom stereocenters. The van der Waals surface area contributed by atoms with Crippen LogP contribution >= 0.6 is 12.2 Å². The van der Waals surface area contributed by atoms with Crippen molar-refractivity contribution in [2.45, 2.75) is 54.0 Å². The highest BCUT2D eigenvalue weighted by molar-refractivity contribution is 7.80. The molecule has 0 heterocycles. The van der Waals surface area contributed by atoms with Crippen LogP contribution in [0, 0.1) is 25.2 Å². The van der Waals surface area contributed by atoms with Crippen molar-refractivity contribution in [1.29, 1.82) is 0 Å². The number of aryl methyl sites for hydroxylation is 2. The number of hydrogen-bond donors (Lipinski definition) is 2. The second-order valence-corrected chi connectivity index (χ2v) is 9.82. The summed E-state index contributed by atoms with van der Waals surface area (Å²) in [6.07, 6.45) is 1.38. The van der Waals surface area contributed by atoms with Crippen LogP contribution in [0.1, 0.15) is 49.4 Å². The third kappa shape index (κ3) is 7.83. The molecule has 0 spiro atoms. The Bertz CT molecular complexity index is 949. The zero-order valence-electron chi connectivity index (χ0n) is 20.0. The van der Waals surface area contributed by atoms with Crippen LogP contribution in [-0.4, -0.2) is 29.8 Å². The summed E-state index contributed by atoms with van der Waals surface area (Å²) >= 11 is 5.60. The molecule has 0 amide bonds. The fourth-order valence-electron chi connectivity index (χ4n) is 3.23. The van der Waals surface area contributed by atoms with E-state index in [4.69, 9.17) is 21.7 Å². The SMILES string of the molecule is COc1cc(CNC(=S)CC(COC(=O)C(C)(C)C)Cc2ccc(C)c(C)c2)ccc1O. The van der Waals surface area contributed by atoms with Gasteiger partial charge in [-0.2, -0.15) is 0 Å². The molecule has 6 heteroatoms. The molecule has 2 aromatic carbocycles. The maximum absolute atomic E-state index is 12.3. The molecule has 0 aromatic heterocycles. The quantitative estimate of drug-likeness (QED) is 0.395. The van der Waals surface area contributed by atoms with Crippen molar-refractivity contribution in [2.24, 2.45) is 11.3 Å². The number of carbonyl (C=O) groups is 1. The van der Waals surface area contributed by atoms with Crippen molar-refractivity contribution >= 4 is 23.2 Å². The molecule has 0 aliphatic heterocycles. The van der Waals surface area contributed by atoms with E-state index >= 15 is 0 Å². The van der Waals surface area contributed by atoms with E-state index < -0.39 is 5.41 Å². The predicted molar refractivity (Wildman–Crippen MR) is 132 cm³/mol. The smallest absolute Gasteiger partial charge is 0.311 e. The van der Waals surface area contributed by atoms with Crippen molar-refractivity contribution in [3.05, 3.63) is 58.7 Å². The molecule has 2 rings (SSSR count). The largest absolute Gasteiger partial charge is 0.504 e. The topological polar surface area (TPSA) is 67.8 Å². The zero-order chi connectivity index (χ0) is 23.9. The lowest BCUT2D eigenvalue weighted by Crippen LogP contribution is -2.29. The normalized spacial score (nSPS) is 12.2. The Kier molecular flexibility index (Phi) is 9.08. The molecule has 0 aliphatic rings. The molecule has 0 bridgehead atoms. The summed E-state index contributed by atoms with van der Waals surface area (Å²) < 4.78 is 10.8. The van der Waals surface area contributed by atoms with Gasteiger partial charge in [-0.25, -0.2) is 0 Å². The highest BCUT2D eigenvalue weighted by atomic mass is 32.1. The number of carbonyl (C=O) groups excluding carboxylic acids is 1. The van der Waals surface area contributed by atoms with E-state index in [2.05, 4.69) is 37.4 Å². The lowest BCUT2D eigenvalue weighted by atomic mass is 9.94. The van der Waals surface area contributed by atoms with Gasteiger partial charge < -0.3 is 19.9 Å². The molecule has 0 saturated heterocycles. The van der Waals surface area contributed by atoms with Crippen molar-refractivity contribution in [3.63, 3.8) is 0 Å². The Hall–Kier alpha value is -2.60. The van der Waals surface area contributed by atoms with Gasteiger partial charge in [0.25, 0.3) is 0 Å². The molecule has 2 aromatic rings. The lowest BCUT2D eigenvalue weighted by molar-refractivity contribution is -0.154. The average Bonchev–Trinajstić information content (AvgIpc) is 2.73. The average molecular weight is 458 g/mol. The maximum atomic E-state index is 12.3. The number of methoxy groups -OCH3 is 1. The summed E-state index contributed by atoms with van der Waals surface area (Å²) in [5.41, 5.74) is 4.12. The first-order valence-corrected chi connectivity index (χ1v) is 11.3. The summed E-state index contributed by atoms with van der Waals surface area (Å²) in [6.45, 7) is 10.6.